The Kier molecular flexibility index (Phi) is 6.72. The van der Waals surface area contributed by atoms with Gasteiger partial charge in [0, 0.05) is 31.7 Å². The van der Waals surface area contributed by atoms with E-state index in [1.807, 2.05) is 0 Å². The van der Waals surface area contributed by atoms with Gasteiger partial charge in [-0.3, -0.25) is 4.90 Å². The van der Waals surface area contributed by atoms with E-state index in [9.17, 15) is 0 Å². The van der Waals surface area contributed by atoms with Crippen LogP contribution in [0.25, 0.3) is 0 Å². The molecule has 0 amide bonds. The van der Waals surface area contributed by atoms with Gasteiger partial charge in [0.25, 0.3) is 0 Å². The molecule has 0 aliphatic carbocycles. The number of aryl methyl sites for hydroxylation is 1. The van der Waals surface area contributed by atoms with Crippen molar-refractivity contribution in [1.29, 1.82) is 0 Å². The van der Waals surface area contributed by atoms with Crippen LogP contribution in [0.4, 0.5) is 0 Å². The van der Waals surface area contributed by atoms with Crippen molar-refractivity contribution >= 4 is 0 Å². The molecule has 1 aromatic rings. The summed E-state index contributed by atoms with van der Waals surface area (Å²) in [7, 11) is 0. The number of hydrogen-bond acceptors (Lipinski definition) is 2. The molecule has 1 saturated heterocycles. The van der Waals surface area contributed by atoms with Gasteiger partial charge in [-0.1, -0.05) is 57.9 Å². The maximum Gasteiger partial charge on any atom is 0.0237 e. The Morgan fingerprint density at radius 2 is 1.67 bits per heavy atom. The Labute approximate surface area is 130 Å². The lowest BCUT2D eigenvalue weighted by molar-refractivity contribution is 0.112. The van der Waals surface area contributed by atoms with E-state index in [4.69, 9.17) is 0 Å². The molecule has 0 spiro atoms. The van der Waals surface area contributed by atoms with Crippen LogP contribution in [0.3, 0.4) is 0 Å². The summed E-state index contributed by atoms with van der Waals surface area (Å²) in [6.07, 6.45) is 6.28. The van der Waals surface area contributed by atoms with E-state index < -0.39 is 0 Å². The van der Waals surface area contributed by atoms with Crippen molar-refractivity contribution < 1.29 is 0 Å². The summed E-state index contributed by atoms with van der Waals surface area (Å²) in [5, 5.41) is 3.75. The third-order valence-electron chi connectivity index (χ3n) is 4.69. The minimum Gasteiger partial charge on any atom is -0.311 e. The highest BCUT2D eigenvalue weighted by Gasteiger charge is 2.26. The van der Waals surface area contributed by atoms with Crippen molar-refractivity contribution in [3.8, 4) is 0 Å². The zero-order valence-corrected chi connectivity index (χ0v) is 14.1. The van der Waals surface area contributed by atoms with E-state index in [1.165, 1.54) is 43.4 Å². The smallest absolute Gasteiger partial charge is 0.0237 e. The Morgan fingerprint density at radius 3 is 2.29 bits per heavy atom. The summed E-state index contributed by atoms with van der Waals surface area (Å²) in [5.41, 5.74) is 2.90. The second-order valence-electron chi connectivity index (χ2n) is 6.44. The minimum absolute atomic E-state index is 0.679. The average molecular weight is 288 g/mol. The highest BCUT2D eigenvalue weighted by atomic mass is 15.2. The molecule has 1 heterocycles. The number of piperazine rings is 1. The topological polar surface area (TPSA) is 15.3 Å². The van der Waals surface area contributed by atoms with Crippen LogP contribution in [-0.4, -0.2) is 30.1 Å². The van der Waals surface area contributed by atoms with Gasteiger partial charge in [-0.15, -0.1) is 0 Å². The first-order valence-electron chi connectivity index (χ1n) is 8.82. The van der Waals surface area contributed by atoms with Gasteiger partial charge in [0.15, 0.2) is 0 Å². The lowest BCUT2D eigenvalue weighted by Gasteiger charge is -2.40. The van der Waals surface area contributed by atoms with Crippen LogP contribution in [-0.2, 0) is 13.0 Å². The van der Waals surface area contributed by atoms with Crippen molar-refractivity contribution in [2.75, 3.05) is 13.1 Å². The number of nitrogens with one attached hydrogen (secondary N) is 1. The van der Waals surface area contributed by atoms with E-state index >= 15 is 0 Å². The van der Waals surface area contributed by atoms with Crippen molar-refractivity contribution in [1.82, 2.24) is 10.2 Å². The molecule has 1 N–H and O–H groups in total. The number of nitrogens with zero attached hydrogens (tertiary/aromatic N) is 1. The Bertz CT molecular complexity index is 399. The van der Waals surface area contributed by atoms with Crippen LogP contribution in [0.15, 0.2) is 24.3 Å². The Balaban J connectivity index is 2.00. The molecule has 0 bridgehead atoms. The van der Waals surface area contributed by atoms with E-state index in [0.717, 1.165) is 19.5 Å². The van der Waals surface area contributed by atoms with Gasteiger partial charge < -0.3 is 5.32 Å². The van der Waals surface area contributed by atoms with Crippen LogP contribution in [0.1, 0.15) is 57.6 Å². The van der Waals surface area contributed by atoms with Gasteiger partial charge in [0.05, 0.1) is 0 Å². The van der Waals surface area contributed by atoms with Gasteiger partial charge in [-0.05, 0) is 30.4 Å². The van der Waals surface area contributed by atoms with Gasteiger partial charge in [-0.2, -0.15) is 0 Å². The van der Waals surface area contributed by atoms with E-state index in [-0.39, 0.29) is 0 Å². The summed E-state index contributed by atoms with van der Waals surface area (Å²) in [6.45, 7) is 10.3. The molecule has 0 aromatic heterocycles. The molecular weight excluding hydrogens is 256 g/mol. The average Bonchev–Trinajstić information content (AvgIpc) is 2.51. The predicted octanol–water partition coefficient (Wildman–Crippen LogP) is 3.99. The maximum atomic E-state index is 3.75. The fourth-order valence-electron chi connectivity index (χ4n) is 3.40. The summed E-state index contributed by atoms with van der Waals surface area (Å²) < 4.78 is 0. The zero-order valence-electron chi connectivity index (χ0n) is 14.1. The highest BCUT2D eigenvalue weighted by Crippen LogP contribution is 2.18. The van der Waals surface area contributed by atoms with Crippen molar-refractivity contribution in [2.45, 2.75) is 71.5 Å². The SMILES string of the molecule is CCCC1CN(Cc2ccc(CC)cc2)C(CCC)CN1. The molecule has 118 valence electrons. The van der Waals surface area contributed by atoms with Crippen LogP contribution >= 0.6 is 0 Å². The lowest BCUT2D eigenvalue weighted by Crippen LogP contribution is -2.55. The standard InChI is InChI=1S/C19H32N2/c1-4-7-18-15-21(19(8-5-2)13-20-18)14-17-11-9-16(6-3)10-12-17/h9-12,18-20H,4-8,13-15H2,1-3H3. The lowest BCUT2D eigenvalue weighted by atomic mass is 10.0. The number of hydrogen-bond donors (Lipinski definition) is 1. The summed E-state index contributed by atoms with van der Waals surface area (Å²) in [6, 6.07) is 10.6. The molecule has 1 aliphatic heterocycles. The fourth-order valence-corrected chi connectivity index (χ4v) is 3.40. The summed E-state index contributed by atoms with van der Waals surface area (Å²) in [4.78, 5) is 2.71. The molecule has 2 nitrogen and oxygen atoms in total. The third-order valence-corrected chi connectivity index (χ3v) is 4.69. The van der Waals surface area contributed by atoms with E-state index in [0.29, 0.717) is 12.1 Å². The maximum absolute atomic E-state index is 3.75. The summed E-state index contributed by atoms with van der Waals surface area (Å²) in [5.74, 6) is 0. The fraction of sp³-hybridized carbons (Fsp3) is 0.684. The van der Waals surface area contributed by atoms with E-state index in [1.54, 1.807) is 0 Å². The van der Waals surface area contributed by atoms with Gasteiger partial charge in [0.1, 0.15) is 0 Å². The normalized spacial score (nSPS) is 23.4. The van der Waals surface area contributed by atoms with Crippen LogP contribution in [0.2, 0.25) is 0 Å². The minimum atomic E-state index is 0.679. The van der Waals surface area contributed by atoms with E-state index in [2.05, 4.69) is 55.3 Å². The highest BCUT2D eigenvalue weighted by molar-refractivity contribution is 5.22. The van der Waals surface area contributed by atoms with Gasteiger partial charge >= 0.3 is 0 Å². The number of rotatable bonds is 7. The Morgan fingerprint density at radius 1 is 1.00 bits per heavy atom. The first-order chi connectivity index (χ1) is 10.3. The molecule has 2 unspecified atom stereocenters. The largest absolute Gasteiger partial charge is 0.311 e. The molecule has 1 aromatic carbocycles. The van der Waals surface area contributed by atoms with Crippen LogP contribution < -0.4 is 5.32 Å². The first-order valence-corrected chi connectivity index (χ1v) is 8.82. The molecule has 0 saturated carbocycles. The van der Waals surface area contributed by atoms with Crippen molar-refractivity contribution in [3.63, 3.8) is 0 Å². The monoisotopic (exact) mass is 288 g/mol. The molecule has 21 heavy (non-hydrogen) atoms. The number of benzene rings is 1. The second kappa shape index (κ2) is 8.55. The van der Waals surface area contributed by atoms with Crippen molar-refractivity contribution in [3.05, 3.63) is 35.4 Å². The Hall–Kier alpha value is -0.860. The van der Waals surface area contributed by atoms with Crippen LogP contribution in [0.5, 0.6) is 0 Å². The third kappa shape index (κ3) is 4.82. The molecule has 0 radical (unpaired) electrons. The van der Waals surface area contributed by atoms with Gasteiger partial charge in [0.2, 0.25) is 0 Å². The molecular formula is C19H32N2. The molecule has 1 aliphatic rings. The van der Waals surface area contributed by atoms with Gasteiger partial charge in [-0.25, -0.2) is 0 Å². The molecule has 2 rings (SSSR count). The van der Waals surface area contributed by atoms with Crippen LogP contribution in [0, 0.1) is 0 Å². The zero-order chi connectivity index (χ0) is 15.1. The quantitative estimate of drug-likeness (QED) is 0.816. The summed E-state index contributed by atoms with van der Waals surface area (Å²) >= 11 is 0. The molecule has 1 fully saturated rings. The molecule has 2 atom stereocenters. The molecule has 2 heteroatoms. The first kappa shape index (κ1) is 16.5. The van der Waals surface area contributed by atoms with Crippen molar-refractivity contribution in [2.24, 2.45) is 0 Å². The second-order valence-corrected chi connectivity index (χ2v) is 6.44. The predicted molar refractivity (Wildman–Crippen MR) is 91.6 cm³/mol.